The number of nitrogens with zero attached hydrogens (tertiary/aromatic N) is 1. The Bertz CT molecular complexity index is 407. The average Bonchev–Trinajstić information content (AvgIpc) is 2.51. The Morgan fingerprint density at radius 3 is 2.64 bits per heavy atom. The minimum absolute atomic E-state index is 0. The van der Waals surface area contributed by atoms with Crippen molar-refractivity contribution in [3.05, 3.63) is 29.8 Å². The van der Waals surface area contributed by atoms with Crippen LogP contribution in [0.15, 0.2) is 24.3 Å². The number of benzene rings is 1. The quantitative estimate of drug-likeness (QED) is 0.761. The summed E-state index contributed by atoms with van der Waals surface area (Å²) < 4.78 is 5.66. The molecule has 2 rings (SSSR count). The van der Waals surface area contributed by atoms with Gasteiger partial charge in [0.15, 0.2) is 0 Å². The van der Waals surface area contributed by atoms with Gasteiger partial charge in [-0.25, -0.2) is 0 Å². The molecule has 0 aliphatic carbocycles. The number of hydrogen-bond acceptors (Lipinski definition) is 4. The highest BCUT2D eigenvalue weighted by molar-refractivity contribution is 5.27. The van der Waals surface area contributed by atoms with Crippen molar-refractivity contribution < 1.29 is 14.9 Å². The zero-order valence-electron chi connectivity index (χ0n) is 12.9. The van der Waals surface area contributed by atoms with Gasteiger partial charge in [-0.05, 0) is 37.0 Å². The second kappa shape index (κ2) is 9.82. The summed E-state index contributed by atoms with van der Waals surface area (Å²) in [5.74, 6) is 0.917. The van der Waals surface area contributed by atoms with Gasteiger partial charge in [0.1, 0.15) is 5.75 Å². The molecule has 2 N–H and O–H groups in total. The SMILES string of the molecule is C.CCCCOc1ccc(CN2CCC(O)CC2CO)cc1. The molecule has 1 aliphatic heterocycles. The first-order chi connectivity index (χ1) is 10.2. The van der Waals surface area contributed by atoms with Crippen LogP contribution in [0.25, 0.3) is 0 Å². The number of piperidine rings is 1. The van der Waals surface area contributed by atoms with Gasteiger partial charge in [0, 0.05) is 19.1 Å². The van der Waals surface area contributed by atoms with Gasteiger partial charge in [-0.3, -0.25) is 4.90 Å². The van der Waals surface area contributed by atoms with Crippen LogP contribution in [0.1, 0.15) is 45.6 Å². The fourth-order valence-electron chi connectivity index (χ4n) is 2.74. The Labute approximate surface area is 134 Å². The summed E-state index contributed by atoms with van der Waals surface area (Å²) in [6, 6.07) is 8.26. The molecule has 0 saturated carbocycles. The smallest absolute Gasteiger partial charge is 0.119 e. The van der Waals surface area contributed by atoms with Crippen LogP contribution in [0.5, 0.6) is 5.75 Å². The van der Waals surface area contributed by atoms with Crippen LogP contribution in [0.2, 0.25) is 0 Å². The number of rotatable bonds is 7. The summed E-state index contributed by atoms with van der Waals surface area (Å²) in [7, 11) is 0. The minimum Gasteiger partial charge on any atom is -0.494 e. The summed E-state index contributed by atoms with van der Waals surface area (Å²) >= 11 is 0. The van der Waals surface area contributed by atoms with Gasteiger partial charge in [0.2, 0.25) is 0 Å². The molecule has 0 aromatic heterocycles. The molecule has 0 radical (unpaired) electrons. The fourth-order valence-corrected chi connectivity index (χ4v) is 2.74. The zero-order valence-corrected chi connectivity index (χ0v) is 12.9. The molecule has 1 saturated heterocycles. The predicted octanol–water partition coefficient (Wildman–Crippen LogP) is 2.82. The highest BCUT2D eigenvalue weighted by Gasteiger charge is 2.26. The van der Waals surface area contributed by atoms with E-state index < -0.39 is 0 Å². The predicted molar refractivity (Wildman–Crippen MR) is 90.1 cm³/mol. The van der Waals surface area contributed by atoms with Gasteiger partial charge in [-0.1, -0.05) is 32.9 Å². The van der Waals surface area contributed by atoms with Gasteiger partial charge >= 0.3 is 0 Å². The number of hydrogen-bond donors (Lipinski definition) is 2. The highest BCUT2D eigenvalue weighted by atomic mass is 16.5. The van der Waals surface area contributed by atoms with Crippen molar-refractivity contribution in [2.75, 3.05) is 19.8 Å². The summed E-state index contributed by atoms with van der Waals surface area (Å²) in [6.07, 6.45) is 3.40. The highest BCUT2D eigenvalue weighted by Crippen LogP contribution is 2.21. The standard InChI is InChI=1S/C17H27NO3.CH4/c1-2-3-10-21-17-6-4-14(5-7-17)12-18-9-8-16(20)11-15(18)13-19;/h4-7,15-16,19-20H,2-3,8-13H2,1H3;1H4. The van der Waals surface area contributed by atoms with Gasteiger partial charge in [0.05, 0.1) is 19.3 Å². The first-order valence-corrected chi connectivity index (χ1v) is 7.97. The maximum absolute atomic E-state index is 9.68. The molecule has 1 aliphatic rings. The first kappa shape index (κ1) is 18.9. The molecular formula is C18H31NO3. The van der Waals surface area contributed by atoms with Crippen molar-refractivity contribution >= 4 is 0 Å². The van der Waals surface area contributed by atoms with E-state index in [4.69, 9.17) is 4.74 Å². The van der Waals surface area contributed by atoms with Crippen LogP contribution < -0.4 is 4.74 Å². The van der Waals surface area contributed by atoms with Crippen molar-refractivity contribution in [1.29, 1.82) is 0 Å². The Morgan fingerprint density at radius 2 is 2.00 bits per heavy atom. The lowest BCUT2D eigenvalue weighted by Gasteiger charge is -2.36. The molecule has 1 aromatic rings. The van der Waals surface area contributed by atoms with E-state index in [2.05, 4.69) is 24.0 Å². The normalized spacial score (nSPS) is 22.1. The lowest BCUT2D eigenvalue weighted by atomic mass is 9.99. The average molecular weight is 309 g/mol. The Kier molecular flexibility index (Phi) is 8.46. The minimum atomic E-state index is -0.271. The van der Waals surface area contributed by atoms with Crippen LogP contribution in [0, 0.1) is 0 Å². The molecule has 1 fully saturated rings. The summed E-state index contributed by atoms with van der Waals surface area (Å²) in [6.45, 7) is 4.68. The van der Waals surface area contributed by atoms with Gasteiger partial charge in [-0.15, -0.1) is 0 Å². The molecule has 2 atom stereocenters. The number of ether oxygens (including phenoxy) is 1. The van der Waals surface area contributed by atoms with Crippen LogP contribution in [-0.4, -0.2) is 47.0 Å². The third-order valence-corrected chi connectivity index (χ3v) is 4.10. The fraction of sp³-hybridized carbons (Fsp3) is 0.667. The van der Waals surface area contributed by atoms with E-state index in [0.717, 1.165) is 44.7 Å². The van der Waals surface area contributed by atoms with Gasteiger partial charge in [0.25, 0.3) is 0 Å². The topological polar surface area (TPSA) is 52.9 Å². The van der Waals surface area contributed by atoms with Crippen LogP contribution >= 0.6 is 0 Å². The molecule has 126 valence electrons. The van der Waals surface area contributed by atoms with Gasteiger partial charge < -0.3 is 14.9 Å². The second-order valence-electron chi connectivity index (χ2n) is 5.83. The molecule has 4 nitrogen and oxygen atoms in total. The lowest BCUT2D eigenvalue weighted by molar-refractivity contribution is 0.0129. The molecule has 2 unspecified atom stereocenters. The summed E-state index contributed by atoms with van der Waals surface area (Å²) in [5.41, 5.74) is 1.22. The summed E-state index contributed by atoms with van der Waals surface area (Å²) in [5, 5.41) is 19.1. The monoisotopic (exact) mass is 309 g/mol. The molecule has 0 bridgehead atoms. The lowest BCUT2D eigenvalue weighted by Crippen LogP contribution is -2.45. The maximum atomic E-state index is 9.68. The van der Waals surface area contributed by atoms with Crippen LogP contribution in [0.4, 0.5) is 0 Å². The van der Waals surface area contributed by atoms with E-state index >= 15 is 0 Å². The van der Waals surface area contributed by atoms with Crippen molar-refractivity contribution in [3.63, 3.8) is 0 Å². The summed E-state index contributed by atoms with van der Waals surface area (Å²) in [4.78, 5) is 2.25. The van der Waals surface area contributed by atoms with Crippen molar-refractivity contribution in [2.24, 2.45) is 0 Å². The maximum Gasteiger partial charge on any atom is 0.119 e. The van der Waals surface area contributed by atoms with E-state index in [9.17, 15) is 10.2 Å². The third-order valence-electron chi connectivity index (χ3n) is 4.10. The van der Waals surface area contributed by atoms with E-state index in [1.54, 1.807) is 0 Å². The Balaban J connectivity index is 0.00000242. The molecular weight excluding hydrogens is 278 g/mol. The Morgan fingerprint density at radius 1 is 1.27 bits per heavy atom. The Hall–Kier alpha value is -1.10. The second-order valence-corrected chi connectivity index (χ2v) is 5.83. The number of aliphatic hydroxyl groups excluding tert-OH is 2. The zero-order chi connectivity index (χ0) is 15.1. The molecule has 4 heteroatoms. The number of likely N-dealkylation sites (tertiary alicyclic amines) is 1. The molecule has 22 heavy (non-hydrogen) atoms. The van der Waals surface area contributed by atoms with E-state index in [-0.39, 0.29) is 26.2 Å². The number of unbranched alkanes of at least 4 members (excludes halogenated alkanes) is 1. The van der Waals surface area contributed by atoms with Crippen molar-refractivity contribution in [2.45, 2.75) is 58.7 Å². The van der Waals surface area contributed by atoms with E-state index in [1.165, 1.54) is 5.56 Å². The van der Waals surface area contributed by atoms with E-state index in [1.807, 2.05) is 12.1 Å². The first-order valence-electron chi connectivity index (χ1n) is 7.97. The van der Waals surface area contributed by atoms with Crippen LogP contribution in [0.3, 0.4) is 0 Å². The molecule has 0 amide bonds. The third kappa shape index (κ3) is 5.59. The molecule has 1 aromatic carbocycles. The van der Waals surface area contributed by atoms with Crippen molar-refractivity contribution in [1.82, 2.24) is 4.90 Å². The van der Waals surface area contributed by atoms with Crippen LogP contribution in [-0.2, 0) is 6.54 Å². The largest absolute Gasteiger partial charge is 0.494 e. The van der Waals surface area contributed by atoms with E-state index in [0.29, 0.717) is 6.42 Å². The molecule has 0 spiro atoms. The number of aliphatic hydroxyl groups is 2. The van der Waals surface area contributed by atoms with Crippen molar-refractivity contribution in [3.8, 4) is 5.75 Å². The molecule has 1 heterocycles. The van der Waals surface area contributed by atoms with Gasteiger partial charge in [-0.2, -0.15) is 0 Å².